The van der Waals surface area contributed by atoms with Crippen molar-refractivity contribution in [2.24, 2.45) is 0 Å². The molecular formula is C18H31N5O6S. The van der Waals surface area contributed by atoms with Crippen molar-refractivity contribution in [1.29, 1.82) is 0 Å². The first-order valence-corrected chi connectivity index (χ1v) is 11.1. The summed E-state index contributed by atoms with van der Waals surface area (Å²) >= 11 is 1.54. The molecule has 0 aromatic carbocycles. The molecule has 1 rings (SSSR count). The Labute approximate surface area is 180 Å². The van der Waals surface area contributed by atoms with Gasteiger partial charge in [0.15, 0.2) is 0 Å². The number of thioether (sulfide) groups is 1. The van der Waals surface area contributed by atoms with Gasteiger partial charge in [0.2, 0.25) is 23.6 Å². The number of hydrogen-bond donors (Lipinski definition) is 5. The Balaban J connectivity index is 2.55. The zero-order chi connectivity index (χ0) is 22.7. The molecule has 12 heteroatoms. The normalized spacial score (nSPS) is 18.2. The average molecular weight is 446 g/mol. The lowest BCUT2D eigenvalue weighted by Gasteiger charge is -2.24. The van der Waals surface area contributed by atoms with E-state index in [0.717, 1.165) is 19.4 Å². The first kappa shape index (κ1) is 25.7. The quantitative estimate of drug-likeness (QED) is 0.234. The van der Waals surface area contributed by atoms with Gasteiger partial charge in [-0.25, -0.2) is 0 Å². The third-order valence-electron chi connectivity index (χ3n) is 4.68. The molecule has 11 nitrogen and oxygen atoms in total. The van der Waals surface area contributed by atoms with E-state index in [9.17, 15) is 24.0 Å². The highest BCUT2D eigenvalue weighted by atomic mass is 32.2. The van der Waals surface area contributed by atoms with Crippen LogP contribution in [0.2, 0.25) is 0 Å². The van der Waals surface area contributed by atoms with E-state index in [2.05, 4.69) is 21.3 Å². The number of nitrogens with one attached hydrogen (secondary N) is 4. The number of nitrogens with zero attached hydrogens (tertiary/aromatic N) is 1. The fourth-order valence-electron chi connectivity index (χ4n) is 2.95. The van der Waals surface area contributed by atoms with Crippen LogP contribution in [-0.2, 0) is 24.0 Å². The zero-order valence-electron chi connectivity index (χ0n) is 17.5. The van der Waals surface area contributed by atoms with Crippen LogP contribution in [0, 0.1) is 0 Å². The number of carboxylic acid groups (broad SMARTS) is 1. The van der Waals surface area contributed by atoms with Gasteiger partial charge in [0.1, 0.15) is 18.6 Å². The van der Waals surface area contributed by atoms with Gasteiger partial charge in [0.05, 0.1) is 12.6 Å². The van der Waals surface area contributed by atoms with Crippen LogP contribution in [0.3, 0.4) is 0 Å². The Bertz CT molecular complexity index is 647. The molecule has 1 fully saturated rings. The number of carbonyl (C=O) groups excluding carboxylic acids is 4. The van der Waals surface area contributed by atoms with Crippen molar-refractivity contribution in [2.75, 3.05) is 38.7 Å². The van der Waals surface area contributed by atoms with Gasteiger partial charge in [-0.2, -0.15) is 11.8 Å². The summed E-state index contributed by atoms with van der Waals surface area (Å²) in [4.78, 5) is 61.1. The fraction of sp³-hybridized carbons (Fsp3) is 0.722. The summed E-state index contributed by atoms with van der Waals surface area (Å²) in [7, 11) is 1.87. The monoisotopic (exact) mass is 445 g/mol. The molecule has 0 aliphatic carbocycles. The van der Waals surface area contributed by atoms with Crippen LogP contribution < -0.4 is 21.3 Å². The first-order chi connectivity index (χ1) is 14.1. The van der Waals surface area contributed by atoms with Crippen LogP contribution in [0.1, 0.15) is 26.2 Å². The van der Waals surface area contributed by atoms with Crippen LogP contribution in [-0.4, -0.2) is 96.4 Å². The molecule has 5 N–H and O–H groups in total. The molecule has 30 heavy (non-hydrogen) atoms. The molecule has 0 radical (unpaired) electrons. The topological polar surface area (TPSA) is 157 Å². The minimum atomic E-state index is -1.20. The Hall–Kier alpha value is -2.34. The van der Waals surface area contributed by atoms with Gasteiger partial charge in [-0.15, -0.1) is 0 Å². The van der Waals surface area contributed by atoms with Gasteiger partial charge in [0.25, 0.3) is 0 Å². The number of rotatable bonds is 12. The second-order valence-corrected chi connectivity index (χ2v) is 8.09. The smallest absolute Gasteiger partial charge is 0.322 e. The molecule has 3 atom stereocenters. The predicted octanol–water partition coefficient (Wildman–Crippen LogP) is -1.86. The number of likely N-dealkylation sites (tertiary alicyclic amines) is 1. The van der Waals surface area contributed by atoms with Gasteiger partial charge < -0.3 is 26.4 Å². The van der Waals surface area contributed by atoms with E-state index >= 15 is 0 Å². The zero-order valence-corrected chi connectivity index (χ0v) is 18.3. The summed E-state index contributed by atoms with van der Waals surface area (Å²) in [5, 5.41) is 18.3. The van der Waals surface area contributed by atoms with E-state index in [1.54, 1.807) is 11.8 Å². The molecule has 1 aliphatic heterocycles. The fourth-order valence-corrected chi connectivity index (χ4v) is 3.42. The van der Waals surface area contributed by atoms with Crippen molar-refractivity contribution in [3.8, 4) is 0 Å². The molecule has 170 valence electrons. The van der Waals surface area contributed by atoms with Crippen LogP contribution in [0.4, 0.5) is 0 Å². The standard InChI is InChI=1S/C18H31N5O6S/c1-11(16(27)20-9-14(24)19-10-15(25)26)21-17(28)12(6-8-30-3)22-18(29)13-5-4-7-23(13)2/h11-13H,4-10H2,1-3H3,(H,19,24)(H,20,27)(H,21,28)(H,22,29)(H,25,26)/t11-,12-,13-/m0/s1. The Morgan fingerprint density at radius 3 is 2.37 bits per heavy atom. The van der Waals surface area contributed by atoms with Crippen molar-refractivity contribution >= 4 is 41.4 Å². The molecular weight excluding hydrogens is 414 g/mol. The van der Waals surface area contributed by atoms with E-state index in [1.807, 2.05) is 18.2 Å². The Morgan fingerprint density at radius 2 is 1.80 bits per heavy atom. The summed E-state index contributed by atoms with van der Waals surface area (Å²) < 4.78 is 0. The molecule has 4 amide bonds. The van der Waals surface area contributed by atoms with E-state index < -0.39 is 48.9 Å². The molecule has 0 bridgehead atoms. The van der Waals surface area contributed by atoms with Crippen LogP contribution >= 0.6 is 11.8 Å². The summed E-state index contributed by atoms with van der Waals surface area (Å²) in [6.07, 6.45) is 3.98. The average Bonchev–Trinajstić information content (AvgIpc) is 3.13. The van der Waals surface area contributed by atoms with E-state index in [4.69, 9.17) is 5.11 Å². The first-order valence-electron chi connectivity index (χ1n) is 9.71. The van der Waals surface area contributed by atoms with E-state index in [-0.39, 0.29) is 11.9 Å². The maximum atomic E-state index is 12.6. The lowest BCUT2D eigenvalue weighted by Crippen LogP contribution is -2.55. The molecule has 0 aromatic heterocycles. The number of hydrogen-bond acceptors (Lipinski definition) is 7. The molecule has 0 spiro atoms. The molecule has 1 saturated heterocycles. The van der Waals surface area contributed by atoms with Gasteiger partial charge in [-0.1, -0.05) is 0 Å². The highest BCUT2D eigenvalue weighted by molar-refractivity contribution is 7.98. The number of amides is 4. The van der Waals surface area contributed by atoms with Gasteiger partial charge in [-0.05, 0) is 51.8 Å². The molecule has 0 saturated carbocycles. The maximum absolute atomic E-state index is 12.6. The van der Waals surface area contributed by atoms with E-state index in [0.29, 0.717) is 12.2 Å². The van der Waals surface area contributed by atoms with Crippen molar-refractivity contribution in [2.45, 2.75) is 44.3 Å². The Kier molecular flexibility index (Phi) is 11.2. The SMILES string of the molecule is CSCC[C@H](NC(=O)[C@@H]1CCCN1C)C(=O)N[C@@H](C)C(=O)NCC(=O)NCC(=O)O. The van der Waals surface area contributed by atoms with Crippen molar-refractivity contribution in [1.82, 2.24) is 26.2 Å². The third kappa shape index (κ3) is 8.99. The van der Waals surface area contributed by atoms with Gasteiger partial charge >= 0.3 is 5.97 Å². The third-order valence-corrected chi connectivity index (χ3v) is 5.32. The highest BCUT2D eigenvalue weighted by Crippen LogP contribution is 2.15. The number of aliphatic carboxylic acids is 1. The number of likely N-dealkylation sites (N-methyl/N-ethyl adjacent to an activating group) is 1. The molecule has 1 aliphatic rings. The summed E-state index contributed by atoms with van der Waals surface area (Å²) in [5.41, 5.74) is 0. The summed E-state index contributed by atoms with van der Waals surface area (Å²) in [6.45, 7) is 1.33. The molecule has 0 aromatic rings. The maximum Gasteiger partial charge on any atom is 0.322 e. The number of carboxylic acids is 1. The largest absolute Gasteiger partial charge is 0.480 e. The van der Waals surface area contributed by atoms with E-state index in [1.165, 1.54) is 6.92 Å². The van der Waals surface area contributed by atoms with Crippen LogP contribution in [0.15, 0.2) is 0 Å². The minimum absolute atomic E-state index is 0.205. The number of carbonyl (C=O) groups is 5. The second-order valence-electron chi connectivity index (χ2n) is 7.10. The predicted molar refractivity (Wildman–Crippen MR) is 112 cm³/mol. The lowest BCUT2D eigenvalue weighted by atomic mass is 10.1. The Morgan fingerprint density at radius 1 is 1.10 bits per heavy atom. The van der Waals surface area contributed by atoms with Gasteiger partial charge in [0, 0.05) is 0 Å². The lowest BCUT2D eigenvalue weighted by molar-refractivity contribution is -0.138. The summed E-state index contributed by atoms with van der Waals surface area (Å²) in [6, 6.07) is -1.97. The van der Waals surface area contributed by atoms with Crippen LogP contribution in [0.5, 0.6) is 0 Å². The van der Waals surface area contributed by atoms with Crippen molar-refractivity contribution in [3.05, 3.63) is 0 Å². The highest BCUT2D eigenvalue weighted by Gasteiger charge is 2.31. The van der Waals surface area contributed by atoms with Crippen LogP contribution in [0.25, 0.3) is 0 Å². The second kappa shape index (κ2) is 13.1. The molecule has 0 unspecified atom stereocenters. The van der Waals surface area contributed by atoms with Crippen molar-refractivity contribution in [3.63, 3.8) is 0 Å². The van der Waals surface area contributed by atoms with Gasteiger partial charge in [-0.3, -0.25) is 28.9 Å². The minimum Gasteiger partial charge on any atom is -0.480 e. The van der Waals surface area contributed by atoms with Crippen molar-refractivity contribution < 1.29 is 29.1 Å². The summed E-state index contributed by atoms with van der Waals surface area (Å²) in [5.74, 6) is -2.48. The molecule has 1 heterocycles.